The maximum absolute atomic E-state index is 11.6. The molecule has 0 amide bonds. The molecular formula is C32H64O10. The van der Waals surface area contributed by atoms with Crippen LogP contribution in [0.4, 0.5) is 0 Å². The fourth-order valence-electron chi connectivity index (χ4n) is 3.79. The monoisotopic (exact) mass is 608 g/mol. The molecule has 0 aliphatic heterocycles. The molecule has 0 saturated carbocycles. The first-order valence-corrected chi connectivity index (χ1v) is 16.6. The molecule has 252 valence electrons. The van der Waals surface area contributed by atoms with E-state index in [1.807, 2.05) is 0 Å². The van der Waals surface area contributed by atoms with Crippen LogP contribution in [0.25, 0.3) is 0 Å². The van der Waals surface area contributed by atoms with Crippen molar-refractivity contribution < 1.29 is 47.4 Å². The van der Waals surface area contributed by atoms with Gasteiger partial charge in [0.25, 0.3) is 0 Å². The Bertz CT molecular complexity index is 510. The lowest BCUT2D eigenvalue weighted by molar-refractivity contribution is -0.145. The number of carbonyl (C=O) groups excluding carboxylic acids is 1. The second kappa shape index (κ2) is 38.2. The minimum absolute atomic E-state index is 0.137. The fraction of sp³-hybridized carbons (Fsp3) is 0.969. The number of carbonyl (C=O) groups is 1. The van der Waals surface area contributed by atoms with Crippen LogP contribution in [0, 0.1) is 0 Å². The third-order valence-corrected chi connectivity index (χ3v) is 6.22. The van der Waals surface area contributed by atoms with Crippen molar-refractivity contribution in [1.29, 1.82) is 0 Å². The molecule has 0 aromatic heterocycles. The molecule has 0 rings (SSSR count). The van der Waals surface area contributed by atoms with Gasteiger partial charge in [-0.15, -0.1) is 0 Å². The van der Waals surface area contributed by atoms with Gasteiger partial charge in [0.1, 0.15) is 6.61 Å². The van der Waals surface area contributed by atoms with Crippen LogP contribution in [0.3, 0.4) is 0 Å². The zero-order chi connectivity index (χ0) is 30.4. The minimum Gasteiger partial charge on any atom is -0.463 e. The Labute approximate surface area is 256 Å². The van der Waals surface area contributed by atoms with Gasteiger partial charge in [-0.1, -0.05) is 71.6 Å². The second-order valence-electron chi connectivity index (χ2n) is 10.1. The van der Waals surface area contributed by atoms with Gasteiger partial charge in [-0.05, 0) is 12.8 Å². The van der Waals surface area contributed by atoms with Gasteiger partial charge in [0.15, 0.2) is 0 Å². The van der Waals surface area contributed by atoms with E-state index in [-0.39, 0.29) is 5.97 Å². The van der Waals surface area contributed by atoms with E-state index in [9.17, 15) is 4.79 Å². The highest BCUT2D eigenvalue weighted by Gasteiger charge is 2.02. The first-order chi connectivity index (χ1) is 20.8. The quantitative estimate of drug-likeness (QED) is 0.0675. The lowest BCUT2D eigenvalue weighted by atomic mass is 10.1. The maximum atomic E-state index is 11.6. The molecule has 10 nitrogen and oxygen atoms in total. The Morgan fingerprint density at radius 2 is 0.619 bits per heavy atom. The summed E-state index contributed by atoms with van der Waals surface area (Å²) >= 11 is 0. The van der Waals surface area contributed by atoms with Gasteiger partial charge in [0.2, 0.25) is 0 Å². The molecule has 0 saturated heterocycles. The Morgan fingerprint density at radius 3 is 1.00 bits per heavy atom. The lowest BCUT2D eigenvalue weighted by Crippen LogP contribution is -2.15. The van der Waals surface area contributed by atoms with Crippen molar-refractivity contribution in [2.45, 2.75) is 90.9 Å². The molecule has 0 unspecified atom stereocenters. The highest BCUT2D eigenvalue weighted by molar-refractivity contribution is 5.69. The molecule has 10 heteroatoms. The molecule has 0 aliphatic rings. The summed E-state index contributed by atoms with van der Waals surface area (Å²) in [6.07, 6.45) is 13.7. The van der Waals surface area contributed by atoms with E-state index >= 15 is 0 Å². The zero-order valence-electron chi connectivity index (χ0n) is 27.1. The van der Waals surface area contributed by atoms with Crippen molar-refractivity contribution in [3.63, 3.8) is 0 Å². The summed E-state index contributed by atoms with van der Waals surface area (Å²) in [6.45, 7) is 13.4. The van der Waals surface area contributed by atoms with Gasteiger partial charge in [-0.25, -0.2) is 0 Å². The maximum Gasteiger partial charge on any atom is 0.305 e. The summed E-state index contributed by atoms with van der Waals surface area (Å²) in [5, 5.41) is 0. The summed E-state index contributed by atoms with van der Waals surface area (Å²) in [6, 6.07) is 0. The normalized spacial score (nSPS) is 11.4. The largest absolute Gasteiger partial charge is 0.463 e. The molecule has 0 aromatic rings. The van der Waals surface area contributed by atoms with Gasteiger partial charge < -0.3 is 42.6 Å². The lowest BCUT2D eigenvalue weighted by Gasteiger charge is -2.09. The highest BCUT2D eigenvalue weighted by Crippen LogP contribution is 2.07. The van der Waals surface area contributed by atoms with E-state index in [1.54, 1.807) is 0 Å². The van der Waals surface area contributed by atoms with Gasteiger partial charge in [-0.2, -0.15) is 0 Å². The van der Waals surface area contributed by atoms with Crippen molar-refractivity contribution in [1.82, 2.24) is 0 Å². The molecule has 0 fully saturated rings. The van der Waals surface area contributed by atoms with E-state index in [0.717, 1.165) is 25.9 Å². The third-order valence-electron chi connectivity index (χ3n) is 6.22. The second-order valence-corrected chi connectivity index (χ2v) is 10.1. The van der Waals surface area contributed by atoms with Gasteiger partial charge in [0.05, 0.1) is 99.1 Å². The van der Waals surface area contributed by atoms with Crippen LogP contribution < -0.4 is 0 Å². The number of hydrogen-bond donors (Lipinski definition) is 0. The van der Waals surface area contributed by atoms with Crippen LogP contribution in [0.5, 0.6) is 0 Å². The fourth-order valence-corrected chi connectivity index (χ4v) is 3.79. The van der Waals surface area contributed by atoms with Gasteiger partial charge in [-0.3, -0.25) is 4.79 Å². The van der Waals surface area contributed by atoms with E-state index in [2.05, 4.69) is 13.8 Å². The number of ether oxygens (including phenoxy) is 9. The summed E-state index contributed by atoms with van der Waals surface area (Å²) in [7, 11) is 0. The average molecular weight is 609 g/mol. The summed E-state index contributed by atoms with van der Waals surface area (Å²) in [4.78, 5) is 11.6. The summed E-state index contributed by atoms with van der Waals surface area (Å²) in [5.41, 5.74) is 0. The van der Waals surface area contributed by atoms with Crippen molar-refractivity contribution in [3.05, 3.63) is 0 Å². The summed E-state index contributed by atoms with van der Waals surface area (Å²) < 4.78 is 49.0. The van der Waals surface area contributed by atoms with Crippen LogP contribution in [-0.4, -0.2) is 118 Å². The van der Waals surface area contributed by atoms with E-state index in [4.69, 9.17) is 42.6 Å². The van der Waals surface area contributed by atoms with Crippen molar-refractivity contribution in [3.8, 4) is 0 Å². The molecule has 0 aromatic carbocycles. The number of esters is 1. The topological polar surface area (TPSA) is 100 Å². The zero-order valence-corrected chi connectivity index (χ0v) is 27.1. The van der Waals surface area contributed by atoms with Crippen molar-refractivity contribution in [2.75, 3.05) is 112 Å². The molecule has 0 heterocycles. The third kappa shape index (κ3) is 37.2. The average Bonchev–Trinajstić information content (AvgIpc) is 3.00. The van der Waals surface area contributed by atoms with Crippen LogP contribution >= 0.6 is 0 Å². The van der Waals surface area contributed by atoms with Gasteiger partial charge >= 0.3 is 5.97 Å². The van der Waals surface area contributed by atoms with Crippen LogP contribution in [0.1, 0.15) is 90.9 Å². The molecule has 0 N–H and O–H groups in total. The Hall–Kier alpha value is -0.850. The van der Waals surface area contributed by atoms with Crippen molar-refractivity contribution in [2.24, 2.45) is 0 Å². The molecule has 0 bridgehead atoms. The number of rotatable bonds is 37. The predicted molar refractivity (Wildman–Crippen MR) is 164 cm³/mol. The van der Waals surface area contributed by atoms with Crippen LogP contribution in [0.15, 0.2) is 0 Å². The highest BCUT2D eigenvalue weighted by atomic mass is 16.6. The molecule has 42 heavy (non-hydrogen) atoms. The number of hydrogen-bond acceptors (Lipinski definition) is 10. The predicted octanol–water partition coefficient (Wildman–Crippen LogP) is 5.38. The molecule has 0 spiro atoms. The Balaban J connectivity index is 3.09. The first kappa shape index (κ1) is 41.1. The Morgan fingerprint density at radius 1 is 0.333 bits per heavy atom. The van der Waals surface area contributed by atoms with Gasteiger partial charge in [0, 0.05) is 13.0 Å². The van der Waals surface area contributed by atoms with E-state index in [0.29, 0.717) is 112 Å². The van der Waals surface area contributed by atoms with Crippen LogP contribution in [0.2, 0.25) is 0 Å². The Kier molecular flexibility index (Phi) is 37.4. The molecular weight excluding hydrogens is 544 g/mol. The minimum atomic E-state index is -0.137. The first-order valence-electron chi connectivity index (χ1n) is 16.6. The van der Waals surface area contributed by atoms with E-state index in [1.165, 1.54) is 51.4 Å². The SMILES string of the molecule is CCCCCCCCC(=O)OCCOCCOCCOCCOCCOCCOCCOCCOCCCCCCC. The number of unbranched alkanes of at least 4 members (excludes halogenated alkanes) is 9. The molecule has 0 radical (unpaired) electrons. The van der Waals surface area contributed by atoms with Crippen molar-refractivity contribution >= 4 is 5.97 Å². The van der Waals surface area contributed by atoms with E-state index < -0.39 is 0 Å². The molecule has 0 aliphatic carbocycles. The molecule has 0 atom stereocenters. The van der Waals surface area contributed by atoms with Crippen LogP contribution in [-0.2, 0) is 47.4 Å². The standard InChI is InChI=1S/C32H64O10/c1-3-5-7-9-10-12-14-32(33)42-31-30-41-29-28-40-27-26-39-25-24-38-23-22-37-21-20-36-19-18-35-17-16-34-15-13-11-8-6-4-2/h3-31H2,1-2H3. The summed E-state index contributed by atoms with van der Waals surface area (Å²) in [5.74, 6) is -0.137. The smallest absolute Gasteiger partial charge is 0.305 e.